The van der Waals surface area contributed by atoms with Crippen LogP contribution in [0.2, 0.25) is 0 Å². The lowest BCUT2D eigenvalue weighted by Crippen LogP contribution is -2.21. The van der Waals surface area contributed by atoms with E-state index >= 15 is 0 Å². The topological polar surface area (TPSA) is 21.3 Å². The zero-order chi connectivity index (χ0) is 11.1. The normalized spacial score (nSPS) is 10.9. The summed E-state index contributed by atoms with van der Waals surface area (Å²) in [6.45, 7) is 8.76. The fourth-order valence-electron chi connectivity index (χ4n) is 1.30. The Morgan fingerprint density at radius 1 is 1.13 bits per heavy atom. The number of ether oxygens (including phenoxy) is 1. The standard InChI is InChI=1S/C13H21NO/c1-4-15-10-13-7-5-12(6-8-13)9-14-11(2)3/h5-8,11,14H,4,9-10H2,1-3H3. The van der Waals surface area contributed by atoms with Gasteiger partial charge in [0.15, 0.2) is 0 Å². The van der Waals surface area contributed by atoms with E-state index in [4.69, 9.17) is 4.74 Å². The van der Waals surface area contributed by atoms with Crippen molar-refractivity contribution in [1.82, 2.24) is 5.32 Å². The molecule has 0 amide bonds. The van der Waals surface area contributed by atoms with Gasteiger partial charge in [-0.15, -0.1) is 0 Å². The van der Waals surface area contributed by atoms with Crippen LogP contribution in [0.1, 0.15) is 31.9 Å². The van der Waals surface area contributed by atoms with Gasteiger partial charge in [0.1, 0.15) is 0 Å². The molecule has 0 unspecified atom stereocenters. The molecule has 1 rings (SSSR count). The second-order valence-electron chi connectivity index (χ2n) is 3.99. The monoisotopic (exact) mass is 207 g/mol. The molecule has 1 aromatic carbocycles. The van der Waals surface area contributed by atoms with E-state index in [1.54, 1.807) is 0 Å². The van der Waals surface area contributed by atoms with Crippen LogP contribution in [0.15, 0.2) is 24.3 Å². The van der Waals surface area contributed by atoms with Crippen LogP contribution in [0.3, 0.4) is 0 Å². The highest BCUT2D eigenvalue weighted by molar-refractivity contribution is 5.21. The molecule has 15 heavy (non-hydrogen) atoms. The Morgan fingerprint density at radius 2 is 1.73 bits per heavy atom. The van der Waals surface area contributed by atoms with Crippen LogP contribution in [-0.2, 0) is 17.9 Å². The van der Waals surface area contributed by atoms with Crippen molar-refractivity contribution >= 4 is 0 Å². The van der Waals surface area contributed by atoms with Crippen molar-refractivity contribution in [1.29, 1.82) is 0 Å². The lowest BCUT2D eigenvalue weighted by molar-refractivity contribution is 0.134. The van der Waals surface area contributed by atoms with E-state index in [1.165, 1.54) is 11.1 Å². The first-order valence-corrected chi connectivity index (χ1v) is 5.61. The Bertz CT molecular complexity index is 266. The van der Waals surface area contributed by atoms with E-state index in [9.17, 15) is 0 Å². The molecule has 0 atom stereocenters. The zero-order valence-corrected chi connectivity index (χ0v) is 9.92. The molecule has 0 spiro atoms. The summed E-state index contributed by atoms with van der Waals surface area (Å²) in [6.07, 6.45) is 0. The summed E-state index contributed by atoms with van der Waals surface area (Å²) >= 11 is 0. The summed E-state index contributed by atoms with van der Waals surface area (Å²) in [5.41, 5.74) is 2.56. The average Bonchev–Trinajstić information content (AvgIpc) is 2.25. The van der Waals surface area contributed by atoms with Crippen molar-refractivity contribution in [3.05, 3.63) is 35.4 Å². The van der Waals surface area contributed by atoms with Gasteiger partial charge in [0.2, 0.25) is 0 Å². The first-order chi connectivity index (χ1) is 7.22. The van der Waals surface area contributed by atoms with E-state index in [0.29, 0.717) is 12.6 Å². The van der Waals surface area contributed by atoms with Crippen LogP contribution in [0, 0.1) is 0 Å². The molecule has 0 radical (unpaired) electrons. The molecule has 0 heterocycles. The van der Waals surface area contributed by atoms with Crippen LogP contribution < -0.4 is 5.32 Å². The molecule has 0 aromatic heterocycles. The Labute approximate surface area is 92.6 Å². The number of rotatable bonds is 6. The highest BCUT2D eigenvalue weighted by Gasteiger charge is 1.96. The molecule has 1 aromatic rings. The summed E-state index contributed by atoms with van der Waals surface area (Å²) in [4.78, 5) is 0. The van der Waals surface area contributed by atoms with E-state index in [0.717, 1.165) is 13.2 Å². The Balaban J connectivity index is 2.41. The van der Waals surface area contributed by atoms with E-state index in [-0.39, 0.29) is 0 Å². The van der Waals surface area contributed by atoms with Crippen molar-refractivity contribution < 1.29 is 4.74 Å². The summed E-state index contributed by atoms with van der Waals surface area (Å²) in [6, 6.07) is 9.11. The minimum Gasteiger partial charge on any atom is -0.377 e. The zero-order valence-electron chi connectivity index (χ0n) is 9.92. The van der Waals surface area contributed by atoms with Crippen molar-refractivity contribution in [3.63, 3.8) is 0 Å². The third kappa shape index (κ3) is 4.96. The van der Waals surface area contributed by atoms with Crippen LogP contribution in [0.25, 0.3) is 0 Å². The molecule has 0 aliphatic carbocycles. The van der Waals surface area contributed by atoms with Crippen molar-refractivity contribution in [2.45, 2.75) is 40.0 Å². The maximum atomic E-state index is 5.34. The molecular formula is C13H21NO. The van der Waals surface area contributed by atoms with E-state index < -0.39 is 0 Å². The fourth-order valence-corrected chi connectivity index (χ4v) is 1.30. The van der Waals surface area contributed by atoms with Crippen LogP contribution in [0.5, 0.6) is 0 Å². The van der Waals surface area contributed by atoms with Crippen molar-refractivity contribution in [2.24, 2.45) is 0 Å². The van der Waals surface area contributed by atoms with Gasteiger partial charge in [-0.2, -0.15) is 0 Å². The maximum Gasteiger partial charge on any atom is 0.0716 e. The smallest absolute Gasteiger partial charge is 0.0716 e. The summed E-state index contributed by atoms with van der Waals surface area (Å²) < 4.78 is 5.34. The molecule has 2 nitrogen and oxygen atoms in total. The molecule has 84 valence electrons. The Morgan fingerprint density at radius 3 is 2.27 bits per heavy atom. The molecule has 2 heteroatoms. The lowest BCUT2D eigenvalue weighted by Gasteiger charge is -2.08. The first-order valence-electron chi connectivity index (χ1n) is 5.61. The van der Waals surface area contributed by atoms with Gasteiger partial charge in [-0.1, -0.05) is 38.1 Å². The van der Waals surface area contributed by atoms with Crippen LogP contribution >= 0.6 is 0 Å². The van der Waals surface area contributed by atoms with E-state index in [1.807, 2.05) is 6.92 Å². The molecule has 0 aliphatic rings. The van der Waals surface area contributed by atoms with Gasteiger partial charge in [-0.3, -0.25) is 0 Å². The van der Waals surface area contributed by atoms with Gasteiger partial charge in [0.05, 0.1) is 6.61 Å². The van der Waals surface area contributed by atoms with Crippen molar-refractivity contribution in [2.75, 3.05) is 6.61 Å². The van der Waals surface area contributed by atoms with Crippen LogP contribution in [0.4, 0.5) is 0 Å². The Kier molecular flexibility index (Phi) is 5.37. The first kappa shape index (κ1) is 12.2. The largest absolute Gasteiger partial charge is 0.377 e. The molecule has 0 fully saturated rings. The predicted molar refractivity (Wildman–Crippen MR) is 63.7 cm³/mol. The lowest BCUT2D eigenvalue weighted by atomic mass is 10.1. The third-order valence-electron chi connectivity index (χ3n) is 2.21. The van der Waals surface area contributed by atoms with Gasteiger partial charge in [-0.25, -0.2) is 0 Å². The molecule has 0 saturated heterocycles. The number of nitrogens with one attached hydrogen (secondary N) is 1. The maximum absolute atomic E-state index is 5.34. The average molecular weight is 207 g/mol. The van der Waals surface area contributed by atoms with Gasteiger partial charge < -0.3 is 10.1 Å². The summed E-state index contributed by atoms with van der Waals surface area (Å²) in [7, 11) is 0. The van der Waals surface area contributed by atoms with Gasteiger partial charge in [-0.05, 0) is 18.1 Å². The Hall–Kier alpha value is -0.860. The van der Waals surface area contributed by atoms with E-state index in [2.05, 4.69) is 43.4 Å². The minimum atomic E-state index is 0.535. The molecule has 1 N–H and O–H groups in total. The molecular weight excluding hydrogens is 186 g/mol. The molecule has 0 bridgehead atoms. The summed E-state index contributed by atoms with van der Waals surface area (Å²) in [5, 5.41) is 3.39. The molecule has 0 saturated carbocycles. The highest BCUT2D eigenvalue weighted by Crippen LogP contribution is 2.05. The second kappa shape index (κ2) is 6.59. The minimum absolute atomic E-state index is 0.535. The third-order valence-corrected chi connectivity index (χ3v) is 2.21. The van der Waals surface area contributed by atoms with Gasteiger partial charge in [0, 0.05) is 19.2 Å². The van der Waals surface area contributed by atoms with Gasteiger partial charge >= 0.3 is 0 Å². The predicted octanol–water partition coefficient (Wildman–Crippen LogP) is 2.72. The second-order valence-corrected chi connectivity index (χ2v) is 3.99. The van der Waals surface area contributed by atoms with Gasteiger partial charge in [0.25, 0.3) is 0 Å². The SMILES string of the molecule is CCOCc1ccc(CNC(C)C)cc1. The summed E-state index contributed by atoms with van der Waals surface area (Å²) in [5.74, 6) is 0. The highest BCUT2D eigenvalue weighted by atomic mass is 16.5. The molecule has 0 aliphatic heterocycles. The number of benzene rings is 1. The van der Waals surface area contributed by atoms with Crippen molar-refractivity contribution in [3.8, 4) is 0 Å². The number of hydrogen-bond donors (Lipinski definition) is 1. The fraction of sp³-hybridized carbons (Fsp3) is 0.538. The van der Waals surface area contributed by atoms with Crippen LogP contribution in [-0.4, -0.2) is 12.6 Å². The quantitative estimate of drug-likeness (QED) is 0.774. The number of hydrogen-bond acceptors (Lipinski definition) is 2.